The molecule has 0 atom stereocenters. The Labute approximate surface area is 113 Å². The zero-order chi connectivity index (χ0) is 13.8. The van der Waals surface area contributed by atoms with Crippen LogP contribution < -0.4 is 0 Å². The third kappa shape index (κ3) is 3.38. The summed E-state index contributed by atoms with van der Waals surface area (Å²) in [7, 11) is 0. The first-order valence-corrected chi connectivity index (χ1v) is 6.56. The van der Waals surface area contributed by atoms with Crippen LogP contribution in [-0.2, 0) is 4.74 Å². The van der Waals surface area contributed by atoms with Gasteiger partial charge in [0, 0.05) is 11.1 Å². The number of benzene rings is 1. The average molecular weight is 282 g/mol. The van der Waals surface area contributed by atoms with Gasteiger partial charge in [-0.25, -0.2) is 4.79 Å². The van der Waals surface area contributed by atoms with Crippen molar-refractivity contribution in [3.05, 3.63) is 46.9 Å². The van der Waals surface area contributed by atoms with Crippen LogP contribution >= 0.6 is 11.3 Å². The highest BCUT2D eigenvalue weighted by atomic mass is 32.1. The number of ether oxygens (including phenoxy) is 1. The largest absolute Gasteiger partial charge is 0.461 e. The number of rotatable bonds is 4. The third-order valence-electron chi connectivity index (χ3n) is 2.66. The van der Waals surface area contributed by atoms with Gasteiger partial charge in [-0.05, 0) is 30.0 Å². The Balaban J connectivity index is 1.98. The van der Waals surface area contributed by atoms with Crippen molar-refractivity contribution >= 4 is 27.4 Å². The van der Waals surface area contributed by atoms with Crippen molar-refractivity contribution in [1.82, 2.24) is 0 Å². The summed E-state index contributed by atoms with van der Waals surface area (Å²) in [6.45, 7) is 1.29. The van der Waals surface area contributed by atoms with Crippen LogP contribution in [0.3, 0.4) is 0 Å². The van der Waals surface area contributed by atoms with Gasteiger partial charge < -0.3 is 4.74 Å². The van der Waals surface area contributed by atoms with Crippen LogP contribution in [-0.4, -0.2) is 12.6 Å². The van der Waals surface area contributed by atoms with E-state index in [1.807, 2.05) is 24.3 Å². The van der Waals surface area contributed by atoms with Crippen LogP contribution in [0.15, 0.2) is 42.0 Å². The Morgan fingerprint density at radius 3 is 2.74 bits per heavy atom. The van der Waals surface area contributed by atoms with Crippen molar-refractivity contribution in [3.8, 4) is 0 Å². The summed E-state index contributed by atoms with van der Waals surface area (Å²) >= 11 is 1.34. The van der Waals surface area contributed by atoms with Crippen molar-refractivity contribution < 1.29 is 18.3 Å². The van der Waals surface area contributed by atoms with E-state index in [0.29, 0.717) is 4.88 Å². The summed E-state index contributed by atoms with van der Waals surface area (Å²) < 4.78 is 30.3. The molecule has 19 heavy (non-hydrogen) atoms. The predicted molar refractivity (Wildman–Crippen MR) is 71.6 cm³/mol. The smallest absolute Gasteiger partial charge is 0.348 e. The normalized spacial score (nSPS) is 10.5. The maximum atomic E-state index is 12.2. The molecule has 1 aromatic carbocycles. The summed E-state index contributed by atoms with van der Waals surface area (Å²) in [5.74, 6) is -0.465. The molecule has 0 radical (unpaired) electrons. The number of fused-ring (bicyclic) bond motifs is 1. The van der Waals surface area contributed by atoms with Gasteiger partial charge in [0.25, 0.3) is 6.08 Å². The monoisotopic (exact) mass is 282 g/mol. The fourth-order valence-electron chi connectivity index (χ4n) is 1.54. The number of hydrogen-bond donors (Lipinski definition) is 0. The van der Waals surface area contributed by atoms with Gasteiger partial charge in [0.15, 0.2) is 0 Å². The number of carbonyl (C=O) groups is 1. The lowest BCUT2D eigenvalue weighted by atomic mass is 10.2. The van der Waals surface area contributed by atoms with Crippen LogP contribution in [0.2, 0.25) is 0 Å². The van der Waals surface area contributed by atoms with E-state index >= 15 is 0 Å². The first-order valence-electron chi connectivity index (χ1n) is 5.74. The van der Waals surface area contributed by atoms with Crippen molar-refractivity contribution in [2.45, 2.75) is 13.3 Å². The summed E-state index contributed by atoms with van der Waals surface area (Å²) in [5, 5.41) is 0.977. The van der Waals surface area contributed by atoms with Gasteiger partial charge in [-0.15, -0.1) is 11.3 Å². The molecule has 0 unspecified atom stereocenters. The number of hydrogen-bond acceptors (Lipinski definition) is 3. The molecule has 1 aromatic heterocycles. The number of esters is 1. The van der Waals surface area contributed by atoms with Crippen LogP contribution in [0.1, 0.15) is 23.0 Å². The molecule has 0 aliphatic rings. The van der Waals surface area contributed by atoms with E-state index in [0.717, 1.165) is 10.1 Å². The fraction of sp³-hybridized carbons (Fsp3) is 0.214. The standard InChI is InChI=1S/C14H12F2O2S/c1-9(13(15)16)6-7-18-14(17)12-8-10-4-2-3-5-11(10)19-12/h2-5,8H,6-7H2,1H3. The zero-order valence-corrected chi connectivity index (χ0v) is 11.1. The van der Waals surface area contributed by atoms with E-state index < -0.39 is 12.0 Å². The van der Waals surface area contributed by atoms with Gasteiger partial charge in [0.05, 0.1) is 6.61 Å². The molecule has 1 heterocycles. The van der Waals surface area contributed by atoms with E-state index in [-0.39, 0.29) is 18.6 Å². The van der Waals surface area contributed by atoms with E-state index in [1.165, 1.54) is 18.3 Å². The lowest BCUT2D eigenvalue weighted by molar-refractivity contribution is 0.0513. The molecule has 0 saturated carbocycles. The molecule has 0 spiro atoms. The van der Waals surface area contributed by atoms with E-state index in [2.05, 4.69) is 0 Å². The lowest BCUT2D eigenvalue weighted by Crippen LogP contribution is -2.04. The minimum Gasteiger partial charge on any atom is -0.461 e. The Hall–Kier alpha value is -1.75. The Morgan fingerprint density at radius 2 is 2.05 bits per heavy atom. The predicted octanol–water partition coefficient (Wildman–Crippen LogP) is 4.62. The molecule has 2 aromatic rings. The van der Waals surface area contributed by atoms with Crippen LogP contribution in [0.25, 0.3) is 10.1 Å². The highest BCUT2D eigenvalue weighted by Crippen LogP contribution is 2.25. The molecule has 0 N–H and O–H groups in total. The molecule has 5 heteroatoms. The molecule has 2 nitrogen and oxygen atoms in total. The summed E-state index contributed by atoms with van der Waals surface area (Å²) in [5.41, 5.74) is -0.0517. The summed E-state index contributed by atoms with van der Waals surface area (Å²) in [6, 6.07) is 9.37. The van der Waals surface area contributed by atoms with Gasteiger partial charge in [0.1, 0.15) is 4.88 Å². The van der Waals surface area contributed by atoms with Crippen molar-refractivity contribution in [2.24, 2.45) is 0 Å². The van der Waals surface area contributed by atoms with Crippen molar-refractivity contribution in [1.29, 1.82) is 0 Å². The van der Waals surface area contributed by atoms with E-state index in [4.69, 9.17) is 4.74 Å². The van der Waals surface area contributed by atoms with Gasteiger partial charge in [-0.2, -0.15) is 8.78 Å². The second kappa shape index (κ2) is 5.93. The molecule has 0 aliphatic heterocycles. The molecule has 0 fully saturated rings. The lowest BCUT2D eigenvalue weighted by Gasteiger charge is -2.02. The SMILES string of the molecule is CC(CCOC(=O)c1cc2ccccc2s1)=C(F)F. The second-order valence-corrected chi connectivity index (χ2v) is 5.16. The van der Waals surface area contributed by atoms with E-state index in [1.54, 1.807) is 6.07 Å². The molecule has 2 rings (SSSR count). The number of halogens is 2. The molecular formula is C14H12F2O2S. The molecule has 0 saturated heterocycles. The maximum Gasteiger partial charge on any atom is 0.348 e. The Bertz CT molecular complexity index is 594. The second-order valence-electron chi connectivity index (χ2n) is 4.08. The topological polar surface area (TPSA) is 26.3 Å². The van der Waals surface area contributed by atoms with Gasteiger partial charge in [-0.3, -0.25) is 0 Å². The molecular weight excluding hydrogens is 270 g/mol. The molecule has 0 amide bonds. The maximum absolute atomic E-state index is 12.2. The Kier molecular flexibility index (Phi) is 4.27. The highest BCUT2D eigenvalue weighted by molar-refractivity contribution is 7.20. The van der Waals surface area contributed by atoms with Crippen LogP contribution in [0, 0.1) is 0 Å². The van der Waals surface area contributed by atoms with Crippen molar-refractivity contribution in [3.63, 3.8) is 0 Å². The fourth-order valence-corrected chi connectivity index (χ4v) is 2.50. The average Bonchev–Trinajstić information content (AvgIpc) is 2.82. The van der Waals surface area contributed by atoms with Crippen LogP contribution in [0.4, 0.5) is 8.78 Å². The molecule has 0 bridgehead atoms. The first kappa shape index (κ1) is 13.7. The van der Waals surface area contributed by atoms with Crippen LogP contribution in [0.5, 0.6) is 0 Å². The van der Waals surface area contributed by atoms with Gasteiger partial charge >= 0.3 is 5.97 Å². The number of thiophene rings is 1. The van der Waals surface area contributed by atoms with Gasteiger partial charge in [0.2, 0.25) is 0 Å². The first-order chi connectivity index (χ1) is 9.08. The summed E-state index contributed by atoms with van der Waals surface area (Å²) in [4.78, 5) is 12.2. The highest BCUT2D eigenvalue weighted by Gasteiger charge is 2.11. The van der Waals surface area contributed by atoms with Crippen molar-refractivity contribution in [2.75, 3.05) is 6.61 Å². The number of carbonyl (C=O) groups excluding carboxylic acids is 1. The molecule has 100 valence electrons. The minimum absolute atomic E-state index is 0.0315. The van der Waals surface area contributed by atoms with Gasteiger partial charge in [-0.1, -0.05) is 18.2 Å². The quantitative estimate of drug-likeness (QED) is 0.765. The molecule has 0 aliphatic carbocycles. The zero-order valence-electron chi connectivity index (χ0n) is 10.3. The minimum atomic E-state index is -1.71. The third-order valence-corrected chi connectivity index (χ3v) is 3.76. The Morgan fingerprint density at radius 1 is 1.32 bits per heavy atom. The summed E-state index contributed by atoms with van der Waals surface area (Å²) in [6.07, 6.45) is -1.66. The van der Waals surface area contributed by atoms with E-state index in [9.17, 15) is 13.6 Å².